The van der Waals surface area contributed by atoms with Gasteiger partial charge in [-0.2, -0.15) is 13.2 Å². The van der Waals surface area contributed by atoms with Crippen molar-refractivity contribution in [3.63, 3.8) is 0 Å². The molecule has 2 saturated heterocycles. The zero-order valence-electron chi connectivity index (χ0n) is 10.7. The Morgan fingerprint density at radius 1 is 1.20 bits per heavy atom. The van der Waals surface area contributed by atoms with Gasteiger partial charge < -0.3 is 4.74 Å². The van der Waals surface area contributed by atoms with E-state index < -0.39 is 11.7 Å². The number of nitrogens with zero attached hydrogens (tertiary/aromatic N) is 1. The van der Waals surface area contributed by atoms with E-state index in [1.54, 1.807) is 0 Å². The van der Waals surface area contributed by atoms with Crippen molar-refractivity contribution in [3.05, 3.63) is 29.6 Å². The fourth-order valence-corrected chi connectivity index (χ4v) is 3.04. The van der Waals surface area contributed by atoms with Gasteiger partial charge in [-0.25, -0.2) is 0 Å². The van der Waals surface area contributed by atoms with Gasteiger partial charge in [0.05, 0.1) is 17.8 Å². The van der Waals surface area contributed by atoms with Crippen molar-refractivity contribution in [3.8, 4) is 0 Å². The van der Waals surface area contributed by atoms with E-state index in [1.807, 2.05) is 0 Å². The average molecular weight is 285 g/mol. The molecule has 2 bridgehead atoms. The third-order valence-electron chi connectivity index (χ3n) is 4.01. The van der Waals surface area contributed by atoms with E-state index in [-0.39, 0.29) is 29.5 Å². The van der Waals surface area contributed by atoms with Crippen LogP contribution in [0.4, 0.5) is 13.2 Å². The van der Waals surface area contributed by atoms with Crippen LogP contribution in [-0.4, -0.2) is 23.0 Å². The van der Waals surface area contributed by atoms with Crippen molar-refractivity contribution in [1.29, 1.82) is 0 Å². The standard InChI is InChI=1S/C14H14F3NO2/c15-14(16,17)10-3-9(6-18-7-10)13(19)8-4-11-1-2-12(5-8)20-11/h3,6-8,11-12H,1-2,4-5H2. The molecule has 0 N–H and O–H groups in total. The van der Waals surface area contributed by atoms with E-state index in [0.29, 0.717) is 12.8 Å². The number of alkyl halides is 3. The molecule has 2 aliphatic heterocycles. The van der Waals surface area contributed by atoms with Crippen LogP contribution >= 0.6 is 0 Å². The molecule has 0 aliphatic carbocycles. The van der Waals surface area contributed by atoms with E-state index in [0.717, 1.165) is 25.1 Å². The Hall–Kier alpha value is -1.43. The summed E-state index contributed by atoms with van der Waals surface area (Å²) >= 11 is 0. The zero-order chi connectivity index (χ0) is 14.3. The molecule has 3 nitrogen and oxygen atoms in total. The molecule has 6 heteroatoms. The molecule has 3 rings (SSSR count). The number of aromatic nitrogens is 1. The number of rotatable bonds is 2. The predicted molar refractivity (Wildman–Crippen MR) is 64.2 cm³/mol. The Bertz CT molecular complexity index is 517. The first-order valence-corrected chi connectivity index (χ1v) is 6.65. The van der Waals surface area contributed by atoms with E-state index in [9.17, 15) is 18.0 Å². The third kappa shape index (κ3) is 2.57. The molecule has 108 valence electrons. The molecule has 0 aromatic carbocycles. The van der Waals surface area contributed by atoms with Gasteiger partial charge in [-0.15, -0.1) is 0 Å². The minimum absolute atomic E-state index is 0.0473. The van der Waals surface area contributed by atoms with Crippen molar-refractivity contribution < 1.29 is 22.7 Å². The highest BCUT2D eigenvalue weighted by molar-refractivity contribution is 5.97. The number of carbonyl (C=O) groups is 1. The fourth-order valence-electron chi connectivity index (χ4n) is 3.04. The lowest BCUT2D eigenvalue weighted by atomic mass is 9.88. The molecule has 2 atom stereocenters. The van der Waals surface area contributed by atoms with Crippen molar-refractivity contribution in [2.75, 3.05) is 0 Å². The monoisotopic (exact) mass is 285 g/mol. The highest BCUT2D eigenvalue weighted by atomic mass is 19.4. The Labute approximate surface area is 114 Å². The highest BCUT2D eigenvalue weighted by Gasteiger charge is 2.39. The van der Waals surface area contributed by atoms with E-state index >= 15 is 0 Å². The maximum atomic E-state index is 12.6. The van der Waals surface area contributed by atoms with Crippen molar-refractivity contribution in [2.45, 2.75) is 44.1 Å². The third-order valence-corrected chi connectivity index (χ3v) is 4.01. The highest BCUT2D eigenvalue weighted by Crippen LogP contribution is 2.37. The predicted octanol–water partition coefficient (Wildman–Crippen LogP) is 3.24. The van der Waals surface area contributed by atoms with Gasteiger partial charge in [-0.05, 0) is 31.7 Å². The van der Waals surface area contributed by atoms with Crippen molar-refractivity contribution in [1.82, 2.24) is 4.98 Å². The van der Waals surface area contributed by atoms with Gasteiger partial charge in [0.25, 0.3) is 0 Å². The Kier molecular flexibility index (Phi) is 3.28. The molecular formula is C14H14F3NO2. The molecule has 3 heterocycles. The van der Waals surface area contributed by atoms with Crippen molar-refractivity contribution >= 4 is 5.78 Å². The zero-order valence-corrected chi connectivity index (χ0v) is 10.7. The van der Waals surface area contributed by atoms with Crippen LogP contribution in [0.5, 0.6) is 0 Å². The normalized spacial score (nSPS) is 29.4. The smallest absolute Gasteiger partial charge is 0.375 e. The molecule has 0 saturated carbocycles. The van der Waals surface area contributed by atoms with Crippen LogP contribution in [-0.2, 0) is 10.9 Å². The number of ketones is 1. The Morgan fingerprint density at radius 2 is 1.85 bits per heavy atom. The summed E-state index contributed by atoms with van der Waals surface area (Å²) in [6, 6.07) is 0.896. The molecule has 0 radical (unpaired) electrons. The number of Topliss-reactive ketones (excluding diaryl/α,β-unsaturated/α-hetero) is 1. The quantitative estimate of drug-likeness (QED) is 0.783. The molecule has 1 aromatic heterocycles. The first-order valence-electron chi connectivity index (χ1n) is 6.65. The topological polar surface area (TPSA) is 39.2 Å². The average Bonchev–Trinajstić information content (AvgIpc) is 2.76. The molecule has 0 amide bonds. The summed E-state index contributed by atoms with van der Waals surface area (Å²) in [7, 11) is 0. The number of carbonyl (C=O) groups excluding carboxylic acids is 1. The van der Waals surface area contributed by atoms with Crippen LogP contribution in [0.25, 0.3) is 0 Å². The summed E-state index contributed by atoms with van der Waals surface area (Å²) in [5.41, 5.74) is -0.829. The summed E-state index contributed by atoms with van der Waals surface area (Å²) in [6.07, 6.45) is 0.738. The first kappa shape index (κ1) is 13.5. The minimum atomic E-state index is -4.47. The van der Waals surface area contributed by atoms with Gasteiger partial charge in [0.1, 0.15) is 0 Å². The molecular weight excluding hydrogens is 271 g/mol. The van der Waals surface area contributed by atoms with Crippen LogP contribution in [0.3, 0.4) is 0 Å². The van der Waals surface area contributed by atoms with Crippen LogP contribution < -0.4 is 0 Å². The maximum absolute atomic E-state index is 12.6. The van der Waals surface area contributed by atoms with Gasteiger partial charge in [0.2, 0.25) is 0 Å². The van der Waals surface area contributed by atoms with E-state index in [4.69, 9.17) is 4.74 Å². The summed E-state index contributed by atoms with van der Waals surface area (Å²) in [5.74, 6) is -0.490. The van der Waals surface area contributed by atoms with E-state index in [2.05, 4.69) is 4.98 Å². The number of hydrogen-bond acceptors (Lipinski definition) is 3. The molecule has 20 heavy (non-hydrogen) atoms. The minimum Gasteiger partial charge on any atom is -0.375 e. The lowest BCUT2D eigenvalue weighted by Gasteiger charge is -2.27. The van der Waals surface area contributed by atoms with Crippen LogP contribution in [0.1, 0.15) is 41.6 Å². The summed E-state index contributed by atoms with van der Waals surface area (Å²) in [5, 5.41) is 0. The van der Waals surface area contributed by atoms with Gasteiger partial charge >= 0.3 is 6.18 Å². The second-order valence-corrected chi connectivity index (χ2v) is 5.45. The molecule has 2 fully saturated rings. The molecule has 2 aliphatic rings. The van der Waals surface area contributed by atoms with Gasteiger partial charge in [-0.3, -0.25) is 9.78 Å². The number of pyridine rings is 1. The second kappa shape index (κ2) is 4.84. The van der Waals surface area contributed by atoms with Crippen LogP contribution in [0.2, 0.25) is 0 Å². The Balaban J connectivity index is 1.80. The summed E-state index contributed by atoms with van der Waals surface area (Å²) < 4.78 is 43.6. The summed E-state index contributed by atoms with van der Waals surface area (Å²) in [6.45, 7) is 0. The Morgan fingerprint density at radius 3 is 2.45 bits per heavy atom. The lowest BCUT2D eigenvalue weighted by Crippen LogP contribution is -2.30. The number of ether oxygens (including phenoxy) is 1. The lowest BCUT2D eigenvalue weighted by molar-refractivity contribution is -0.137. The number of hydrogen-bond donors (Lipinski definition) is 0. The largest absolute Gasteiger partial charge is 0.417 e. The first-order chi connectivity index (χ1) is 9.43. The molecule has 0 spiro atoms. The number of halogens is 3. The van der Waals surface area contributed by atoms with Crippen LogP contribution in [0, 0.1) is 5.92 Å². The SMILES string of the molecule is O=C(c1cncc(C(F)(F)F)c1)C1CC2CCC(C1)O2. The fraction of sp³-hybridized carbons (Fsp3) is 0.571. The molecule has 2 unspecified atom stereocenters. The van der Waals surface area contributed by atoms with Gasteiger partial charge in [0.15, 0.2) is 5.78 Å². The second-order valence-electron chi connectivity index (χ2n) is 5.45. The van der Waals surface area contributed by atoms with E-state index in [1.165, 1.54) is 6.20 Å². The van der Waals surface area contributed by atoms with Gasteiger partial charge in [-0.1, -0.05) is 0 Å². The van der Waals surface area contributed by atoms with Crippen LogP contribution in [0.15, 0.2) is 18.5 Å². The summed E-state index contributed by atoms with van der Waals surface area (Å²) in [4.78, 5) is 15.9. The van der Waals surface area contributed by atoms with Crippen molar-refractivity contribution in [2.24, 2.45) is 5.92 Å². The number of fused-ring (bicyclic) bond motifs is 2. The maximum Gasteiger partial charge on any atom is 0.417 e. The van der Waals surface area contributed by atoms with Gasteiger partial charge in [0, 0.05) is 23.9 Å². The molecule has 1 aromatic rings.